The van der Waals surface area contributed by atoms with Gasteiger partial charge < -0.3 is 25.3 Å². The van der Waals surface area contributed by atoms with Crippen molar-refractivity contribution in [2.45, 2.75) is 18.4 Å². The van der Waals surface area contributed by atoms with Crippen LogP contribution in [0, 0.1) is 0 Å². The topological polar surface area (TPSA) is 82.8 Å². The Bertz CT molecular complexity index is 230. The van der Waals surface area contributed by atoms with Gasteiger partial charge >= 0.3 is 0 Å². The molecule has 17 heavy (non-hydrogen) atoms. The van der Waals surface area contributed by atoms with Crippen LogP contribution in [0.2, 0.25) is 0 Å². The molecular weight excluding hydrogens is 224 g/mol. The second-order valence-corrected chi connectivity index (χ2v) is 4.13. The predicted molar refractivity (Wildman–Crippen MR) is 62.7 cm³/mol. The van der Waals surface area contributed by atoms with Gasteiger partial charge in [0.05, 0.1) is 12.2 Å². The molecule has 1 saturated heterocycles. The van der Waals surface area contributed by atoms with E-state index in [0.29, 0.717) is 32.9 Å². The number of carbonyl (C=O) groups excluding carboxylic acids is 1. The lowest BCUT2D eigenvalue weighted by atomic mass is 9.94. The van der Waals surface area contributed by atoms with Gasteiger partial charge in [-0.1, -0.05) is 0 Å². The summed E-state index contributed by atoms with van der Waals surface area (Å²) in [4.78, 5) is 11.5. The van der Waals surface area contributed by atoms with Gasteiger partial charge in [-0.3, -0.25) is 4.79 Å². The number of nitrogens with one attached hydrogen (secondary N) is 1. The van der Waals surface area contributed by atoms with Crippen LogP contribution in [0.15, 0.2) is 0 Å². The van der Waals surface area contributed by atoms with E-state index in [0.717, 1.165) is 12.8 Å². The maximum Gasteiger partial charge on any atom is 0.246 e. The second kappa shape index (κ2) is 7.60. The van der Waals surface area contributed by atoms with Crippen LogP contribution in [-0.4, -0.2) is 58.1 Å². The molecule has 0 radical (unpaired) electrons. The average Bonchev–Trinajstić information content (AvgIpc) is 2.38. The minimum Gasteiger partial charge on any atom is -0.383 e. The zero-order valence-corrected chi connectivity index (χ0v) is 10.4. The molecule has 0 aromatic heterocycles. The van der Waals surface area contributed by atoms with Crippen LogP contribution in [-0.2, 0) is 19.0 Å². The van der Waals surface area contributed by atoms with Gasteiger partial charge in [0.2, 0.25) is 5.91 Å². The summed E-state index contributed by atoms with van der Waals surface area (Å²) >= 11 is 0. The van der Waals surface area contributed by atoms with Crippen LogP contribution < -0.4 is 11.1 Å². The fourth-order valence-electron chi connectivity index (χ4n) is 1.71. The molecule has 6 heteroatoms. The highest BCUT2D eigenvalue weighted by molar-refractivity contribution is 5.77. The number of hydrogen-bond acceptors (Lipinski definition) is 5. The average molecular weight is 246 g/mol. The Morgan fingerprint density at radius 2 is 2.18 bits per heavy atom. The smallest absolute Gasteiger partial charge is 0.246 e. The highest BCUT2D eigenvalue weighted by Gasteiger charge is 2.32. The minimum atomic E-state index is -0.392. The first-order valence-electron chi connectivity index (χ1n) is 5.90. The van der Waals surface area contributed by atoms with Crippen molar-refractivity contribution in [3.8, 4) is 0 Å². The molecule has 0 bridgehead atoms. The van der Waals surface area contributed by atoms with E-state index >= 15 is 0 Å². The molecule has 1 fully saturated rings. The molecule has 0 aromatic carbocycles. The van der Waals surface area contributed by atoms with E-state index in [1.807, 2.05) is 0 Å². The maximum atomic E-state index is 11.5. The number of hydrogen-bond donors (Lipinski definition) is 2. The SMILES string of the molecule is COCCNC(=O)COC1(CN)CCOCC1. The van der Waals surface area contributed by atoms with Gasteiger partial charge in [-0.15, -0.1) is 0 Å². The first kappa shape index (κ1) is 14.4. The fraction of sp³-hybridized carbons (Fsp3) is 0.909. The Morgan fingerprint density at radius 3 is 2.76 bits per heavy atom. The molecule has 6 nitrogen and oxygen atoms in total. The van der Waals surface area contributed by atoms with Gasteiger partial charge in [0, 0.05) is 46.3 Å². The molecule has 1 heterocycles. The van der Waals surface area contributed by atoms with Crippen molar-refractivity contribution in [3.63, 3.8) is 0 Å². The summed E-state index contributed by atoms with van der Waals surface area (Å²) in [5.74, 6) is -0.138. The Balaban J connectivity index is 2.24. The molecule has 100 valence electrons. The summed E-state index contributed by atoms with van der Waals surface area (Å²) in [6, 6.07) is 0. The number of ether oxygens (including phenoxy) is 3. The van der Waals surface area contributed by atoms with Crippen LogP contribution in [0.4, 0.5) is 0 Å². The van der Waals surface area contributed by atoms with E-state index < -0.39 is 5.60 Å². The summed E-state index contributed by atoms with van der Waals surface area (Å²) in [5.41, 5.74) is 5.32. The molecule has 0 atom stereocenters. The highest BCUT2D eigenvalue weighted by Crippen LogP contribution is 2.23. The largest absolute Gasteiger partial charge is 0.383 e. The zero-order chi connectivity index (χ0) is 12.6. The molecule has 0 aromatic rings. The van der Waals surface area contributed by atoms with E-state index in [-0.39, 0.29) is 12.5 Å². The van der Waals surface area contributed by atoms with E-state index in [9.17, 15) is 4.79 Å². The normalized spacial score (nSPS) is 18.9. The zero-order valence-electron chi connectivity index (χ0n) is 10.4. The minimum absolute atomic E-state index is 0.0426. The lowest BCUT2D eigenvalue weighted by Crippen LogP contribution is -2.47. The predicted octanol–water partition coefficient (Wildman–Crippen LogP) is -0.726. The van der Waals surface area contributed by atoms with Gasteiger partial charge in [0.1, 0.15) is 6.61 Å². The quantitative estimate of drug-likeness (QED) is 0.579. The third-order valence-corrected chi connectivity index (χ3v) is 2.91. The van der Waals surface area contributed by atoms with E-state index in [4.69, 9.17) is 19.9 Å². The summed E-state index contributed by atoms with van der Waals surface area (Å²) in [5, 5.41) is 2.70. The summed E-state index contributed by atoms with van der Waals surface area (Å²) in [6.07, 6.45) is 1.49. The lowest BCUT2D eigenvalue weighted by Gasteiger charge is -2.35. The summed E-state index contributed by atoms with van der Waals surface area (Å²) < 4.78 is 15.8. The lowest BCUT2D eigenvalue weighted by molar-refractivity contribution is -0.141. The van der Waals surface area contributed by atoms with Crippen LogP contribution in [0.25, 0.3) is 0 Å². The Hall–Kier alpha value is -0.690. The second-order valence-electron chi connectivity index (χ2n) is 4.13. The first-order valence-corrected chi connectivity index (χ1v) is 5.90. The summed E-state index contributed by atoms with van der Waals surface area (Å²) in [6.45, 7) is 2.74. The first-order chi connectivity index (χ1) is 8.22. The third-order valence-electron chi connectivity index (χ3n) is 2.91. The standard InChI is InChI=1S/C11H22N2O4/c1-15-7-4-13-10(14)8-17-11(9-12)2-5-16-6-3-11/h2-9,12H2,1H3,(H,13,14). The van der Waals surface area contributed by atoms with Crippen molar-refractivity contribution >= 4 is 5.91 Å². The third kappa shape index (κ3) is 4.99. The molecular formula is C11H22N2O4. The van der Waals surface area contributed by atoms with Crippen molar-refractivity contribution in [2.75, 3.05) is 46.6 Å². The van der Waals surface area contributed by atoms with E-state index in [2.05, 4.69) is 5.32 Å². The summed E-state index contributed by atoms with van der Waals surface area (Å²) in [7, 11) is 1.59. The molecule has 0 spiro atoms. The van der Waals surface area contributed by atoms with Gasteiger partial charge in [-0.25, -0.2) is 0 Å². The molecule has 0 aliphatic carbocycles. The number of methoxy groups -OCH3 is 1. The number of nitrogens with two attached hydrogens (primary N) is 1. The molecule has 0 saturated carbocycles. The molecule has 1 amide bonds. The van der Waals surface area contributed by atoms with Gasteiger partial charge in [0.25, 0.3) is 0 Å². The Kier molecular flexibility index (Phi) is 6.43. The fourth-order valence-corrected chi connectivity index (χ4v) is 1.71. The number of rotatable bonds is 7. The highest BCUT2D eigenvalue weighted by atomic mass is 16.5. The van der Waals surface area contributed by atoms with Crippen molar-refractivity contribution in [1.82, 2.24) is 5.32 Å². The van der Waals surface area contributed by atoms with Crippen LogP contribution in [0.3, 0.4) is 0 Å². The number of amides is 1. The van der Waals surface area contributed by atoms with Crippen molar-refractivity contribution in [3.05, 3.63) is 0 Å². The maximum absolute atomic E-state index is 11.5. The van der Waals surface area contributed by atoms with Gasteiger partial charge in [-0.2, -0.15) is 0 Å². The Labute approximate surface area is 102 Å². The van der Waals surface area contributed by atoms with Crippen molar-refractivity contribution in [2.24, 2.45) is 5.73 Å². The van der Waals surface area contributed by atoms with Crippen LogP contribution >= 0.6 is 0 Å². The van der Waals surface area contributed by atoms with Crippen LogP contribution in [0.1, 0.15) is 12.8 Å². The number of carbonyl (C=O) groups is 1. The van der Waals surface area contributed by atoms with E-state index in [1.165, 1.54) is 0 Å². The molecule has 0 unspecified atom stereocenters. The monoisotopic (exact) mass is 246 g/mol. The molecule has 1 aliphatic rings. The van der Waals surface area contributed by atoms with Crippen LogP contribution in [0.5, 0.6) is 0 Å². The molecule has 1 aliphatic heterocycles. The molecule has 3 N–H and O–H groups in total. The van der Waals surface area contributed by atoms with E-state index in [1.54, 1.807) is 7.11 Å². The van der Waals surface area contributed by atoms with Gasteiger partial charge in [-0.05, 0) is 0 Å². The van der Waals surface area contributed by atoms with Gasteiger partial charge in [0.15, 0.2) is 0 Å². The molecule has 1 rings (SSSR count). The van der Waals surface area contributed by atoms with Crippen molar-refractivity contribution < 1.29 is 19.0 Å². The Morgan fingerprint density at radius 1 is 1.47 bits per heavy atom. The van der Waals surface area contributed by atoms with Crippen molar-refractivity contribution in [1.29, 1.82) is 0 Å².